The molecule has 0 radical (unpaired) electrons. The summed E-state index contributed by atoms with van der Waals surface area (Å²) < 4.78 is 26.8. The Bertz CT molecular complexity index is 566. The van der Waals surface area contributed by atoms with E-state index >= 15 is 0 Å². The minimum atomic E-state index is -3.45. The molecule has 118 valence electrons. The summed E-state index contributed by atoms with van der Waals surface area (Å²) in [6, 6.07) is 6.67. The average molecular weight is 312 g/mol. The van der Waals surface area contributed by atoms with Crippen LogP contribution in [-0.2, 0) is 10.0 Å². The molecule has 1 atom stereocenters. The lowest BCUT2D eigenvalue weighted by atomic mass is 10.2. The van der Waals surface area contributed by atoms with Crippen molar-refractivity contribution in [2.24, 2.45) is 0 Å². The van der Waals surface area contributed by atoms with Gasteiger partial charge >= 0.3 is 0 Å². The van der Waals surface area contributed by atoms with Gasteiger partial charge in [-0.2, -0.15) is 4.31 Å². The van der Waals surface area contributed by atoms with Crippen molar-refractivity contribution in [1.82, 2.24) is 9.62 Å². The highest BCUT2D eigenvalue weighted by molar-refractivity contribution is 7.89. The molecule has 0 bridgehead atoms. The number of nitrogens with zero attached hydrogens (tertiary/aromatic N) is 1. The van der Waals surface area contributed by atoms with Crippen molar-refractivity contribution >= 4 is 10.0 Å². The molecule has 1 unspecified atom stereocenters. The van der Waals surface area contributed by atoms with Crippen LogP contribution in [-0.4, -0.2) is 37.0 Å². The number of hydrogen-bond donors (Lipinski definition) is 2. The van der Waals surface area contributed by atoms with Crippen LogP contribution >= 0.6 is 0 Å². The maximum Gasteiger partial charge on any atom is 0.243 e. The fourth-order valence-electron chi connectivity index (χ4n) is 2.51. The van der Waals surface area contributed by atoms with Crippen molar-refractivity contribution in [3.8, 4) is 0 Å². The van der Waals surface area contributed by atoms with E-state index in [4.69, 9.17) is 0 Å². The van der Waals surface area contributed by atoms with Gasteiger partial charge < -0.3 is 5.11 Å². The van der Waals surface area contributed by atoms with Gasteiger partial charge in [-0.15, -0.1) is 0 Å². The summed E-state index contributed by atoms with van der Waals surface area (Å²) >= 11 is 0. The maximum absolute atomic E-state index is 12.6. The fraction of sp³-hybridized carbons (Fsp3) is 0.600. The van der Waals surface area contributed by atoms with Crippen LogP contribution in [0.5, 0.6) is 0 Å². The van der Waals surface area contributed by atoms with E-state index in [9.17, 15) is 13.5 Å². The quantitative estimate of drug-likeness (QED) is 0.814. The summed E-state index contributed by atoms with van der Waals surface area (Å²) in [5.41, 5.74) is 0.571. The molecule has 1 heterocycles. The molecule has 2 N–H and O–H groups in total. The summed E-state index contributed by atoms with van der Waals surface area (Å²) in [5.74, 6) is 0. The summed E-state index contributed by atoms with van der Waals surface area (Å²) in [7, 11) is -3.45. The average Bonchev–Trinajstić information content (AvgIpc) is 2.47. The van der Waals surface area contributed by atoms with Gasteiger partial charge in [-0.3, -0.25) is 5.32 Å². The van der Waals surface area contributed by atoms with E-state index in [1.165, 1.54) is 4.31 Å². The number of hydrogen-bond acceptors (Lipinski definition) is 4. The second kappa shape index (κ2) is 6.87. The molecular formula is C15H24N2O3S. The zero-order valence-electron chi connectivity index (χ0n) is 12.6. The summed E-state index contributed by atoms with van der Waals surface area (Å²) in [6.45, 7) is 5.02. The number of aliphatic hydroxyl groups excluding tert-OH is 1. The first-order chi connectivity index (χ1) is 9.91. The molecule has 0 spiro atoms. The van der Waals surface area contributed by atoms with E-state index in [1.807, 2.05) is 13.8 Å². The van der Waals surface area contributed by atoms with Crippen molar-refractivity contribution in [1.29, 1.82) is 0 Å². The molecule has 21 heavy (non-hydrogen) atoms. The van der Waals surface area contributed by atoms with Gasteiger partial charge in [0, 0.05) is 19.1 Å². The molecule has 1 fully saturated rings. The fourth-order valence-corrected chi connectivity index (χ4v) is 4.08. The Balaban J connectivity index is 2.23. The number of rotatable bonds is 5. The van der Waals surface area contributed by atoms with Crippen molar-refractivity contribution in [2.75, 3.05) is 13.1 Å². The molecule has 1 aromatic carbocycles. The topological polar surface area (TPSA) is 69.6 Å². The van der Waals surface area contributed by atoms with Gasteiger partial charge in [-0.05, 0) is 44.4 Å². The molecular weight excluding hydrogens is 288 g/mol. The molecule has 0 aliphatic carbocycles. The molecule has 1 saturated heterocycles. The Morgan fingerprint density at radius 1 is 1.19 bits per heavy atom. The lowest BCUT2D eigenvalue weighted by Gasteiger charge is -2.26. The Morgan fingerprint density at radius 2 is 1.86 bits per heavy atom. The molecule has 5 nitrogen and oxygen atoms in total. The second-order valence-electron chi connectivity index (χ2n) is 5.76. The van der Waals surface area contributed by atoms with Crippen molar-refractivity contribution in [2.45, 2.75) is 50.3 Å². The minimum absolute atomic E-state index is 0.113. The van der Waals surface area contributed by atoms with Gasteiger partial charge in [0.25, 0.3) is 0 Å². The number of sulfonamides is 1. The molecule has 1 aliphatic rings. The van der Waals surface area contributed by atoms with Crippen LogP contribution in [0, 0.1) is 0 Å². The molecule has 1 aromatic rings. The van der Waals surface area contributed by atoms with Crippen LogP contribution in [0.15, 0.2) is 29.2 Å². The van der Waals surface area contributed by atoms with E-state index < -0.39 is 16.3 Å². The maximum atomic E-state index is 12.6. The lowest BCUT2D eigenvalue weighted by Crippen LogP contribution is -2.35. The Hall–Kier alpha value is -0.950. The van der Waals surface area contributed by atoms with Crippen molar-refractivity contribution in [3.63, 3.8) is 0 Å². The predicted molar refractivity (Wildman–Crippen MR) is 82.3 cm³/mol. The van der Waals surface area contributed by atoms with E-state index in [2.05, 4.69) is 5.32 Å². The molecule has 2 rings (SSSR count). The summed E-state index contributed by atoms with van der Waals surface area (Å²) in [5, 5.41) is 13.0. The Morgan fingerprint density at radius 3 is 2.48 bits per heavy atom. The van der Waals surface area contributed by atoms with Crippen LogP contribution in [0.2, 0.25) is 0 Å². The number of aliphatic hydroxyl groups is 1. The van der Waals surface area contributed by atoms with Crippen LogP contribution in [0.4, 0.5) is 0 Å². The molecule has 0 amide bonds. The third kappa shape index (κ3) is 4.03. The van der Waals surface area contributed by atoms with E-state index in [1.54, 1.807) is 24.3 Å². The number of benzene rings is 1. The van der Waals surface area contributed by atoms with Crippen LogP contribution < -0.4 is 5.32 Å². The first-order valence-corrected chi connectivity index (χ1v) is 8.89. The zero-order chi connectivity index (χ0) is 15.5. The van der Waals surface area contributed by atoms with Crippen molar-refractivity contribution in [3.05, 3.63) is 29.8 Å². The Kier molecular flexibility index (Phi) is 5.37. The highest BCUT2D eigenvalue weighted by Gasteiger charge is 2.26. The van der Waals surface area contributed by atoms with Crippen molar-refractivity contribution < 1.29 is 13.5 Å². The third-order valence-electron chi connectivity index (χ3n) is 3.62. The van der Waals surface area contributed by atoms with E-state index in [-0.39, 0.29) is 10.9 Å². The third-order valence-corrected chi connectivity index (χ3v) is 5.51. The molecule has 0 saturated carbocycles. The first-order valence-electron chi connectivity index (χ1n) is 7.45. The summed E-state index contributed by atoms with van der Waals surface area (Å²) in [4.78, 5) is 0.256. The lowest BCUT2D eigenvalue weighted by molar-refractivity contribution is 0.128. The van der Waals surface area contributed by atoms with Crippen LogP contribution in [0.3, 0.4) is 0 Å². The van der Waals surface area contributed by atoms with Gasteiger partial charge in [0.1, 0.15) is 6.23 Å². The molecule has 6 heteroatoms. The van der Waals surface area contributed by atoms with Gasteiger partial charge in [-0.25, -0.2) is 8.42 Å². The highest BCUT2D eigenvalue weighted by atomic mass is 32.2. The molecule has 1 aliphatic heterocycles. The largest absolute Gasteiger partial charge is 0.374 e. The van der Waals surface area contributed by atoms with Gasteiger partial charge in [0.2, 0.25) is 10.0 Å². The van der Waals surface area contributed by atoms with Gasteiger partial charge in [0.15, 0.2) is 0 Å². The van der Waals surface area contributed by atoms with E-state index in [0.29, 0.717) is 18.7 Å². The standard InChI is InChI=1S/C15H24N2O3S/c1-12(2)16-15(18)13-7-6-8-14(11-13)21(19,20)17-9-4-3-5-10-17/h6-8,11-12,15-16,18H,3-5,9-10H2,1-2H3. The zero-order valence-corrected chi connectivity index (χ0v) is 13.4. The smallest absolute Gasteiger partial charge is 0.243 e. The molecule has 0 aromatic heterocycles. The van der Waals surface area contributed by atoms with Gasteiger partial charge in [-0.1, -0.05) is 18.6 Å². The van der Waals surface area contributed by atoms with E-state index in [0.717, 1.165) is 19.3 Å². The SMILES string of the molecule is CC(C)NC(O)c1cccc(S(=O)(=O)N2CCCCC2)c1. The Labute approximate surface area is 127 Å². The first kappa shape index (κ1) is 16.4. The monoisotopic (exact) mass is 312 g/mol. The second-order valence-corrected chi connectivity index (χ2v) is 7.70. The number of nitrogens with one attached hydrogen (secondary N) is 1. The number of piperidine rings is 1. The summed E-state index contributed by atoms with van der Waals surface area (Å²) in [6.07, 6.45) is 2.05. The van der Waals surface area contributed by atoms with Crippen LogP contribution in [0.1, 0.15) is 44.9 Å². The highest BCUT2D eigenvalue weighted by Crippen LogP contribution is 2.23. The predicted octanol–water partition coefficient (Wildman–Crippen LogP) is 1.85. The van der Waals surface area contributed by atoms with Crippen LogP contribution in [0.25, 0.3) is 0 Å². The van der Waals surface area contributed by atoms with Gasteiger partial charge in [0.05, 0.1) is 4.90 Å². The minimum Gasteiger partial charge on any atom is -0.374 e. The normalized spacial score (nSPS) is 18.9.